The number of aryl methyl sites for hydroxylation is 1. The average Bonchev–Trinajstić information content (AvgIpc) is 3.04. The number of carboxylic acid groups (broad SMARTS) is 1. The minimum absolute atomic E-state index is 0.00958. The van der Waals surface area contributed by atoms with Gasteiger partial charge in [-0.15, -0.1) is 0 Å². The first-order valence-corrected chi connectivity index (χ1v) is 13.5. The third-order valence-corrected chi connectivity index (χ3v) is 8.22. The van der Waals surface area contributed by atoms with E-state index >= 15 is 0 Å². The van der Waals surface area contributed by atoms with Gasteiger partial charge in [0, 0.05) is 44.7 Å². The number of fused-ring (bicyclic) bond motifs is 2. The Morgan fingerprint density at radius 2 is 2.03 bits per heavy atom. The molecule has 1 saturated heterocycles. The molecule has 1 unspecified atom stereocenters. The SMILES string of the molecule is CN1C(=O)C(C)(C)c2c(C(C(=O)O)N3CC(OCCCCC[C@@H]4CCc5cccnc5N4)C3)cccc21. The van der Waals surface area contributed by atoms with Crippen molar-refractivity contribution < 1.29 is 19.4 Å². The van der Waals surface area contributed by atoms with Crippen molar-refractivity contribution in [3.05, 3.63) is 53.2 Å². The van der Waals surface area contributed by atoms with Gasteiger partial charge in [0.2, 0.25) is 5.91 Å². The topological polar surface area (TPSA) is 95.0 Å². The number of nitrogens with one attached hydrogen (secondary N) is 1. The molecule has 8 heteroatoms. The van der Waals surface area contributed by atoms with Crippen molar-refractivity contribution in [2.45, 2.75) is 76.0 Å². The maximum Gasteiger partial charge on any atom is 0.325 e. The van der Waals surface area contributed by atoms with Gasteiger partial charge in [-0.05, 0) is 68.4 Å². The maximum absolute atomic E-state index is 12.8. The summed E-state index contributed by atoms with van der Waals surface area (Å²) in [5, 5.41) is 13.7. The number of nitrogens with zero attached hydrogens (tertiary/aromatic N) is 3. The van der Waals surface area contributed by atoms with Crippen LogP contribution in [0.25, 0.3) is 0 Å². The van der Waals surface area contributed by atoms with Gasteiger partial charge in [-0.1, -0.05) is 31.0 Å². The summed E-state index contributed by atoms with van der Waals surface area (Å²) in [5.74, 6) is 0.141. The van der Waals surface area contributed by atoms with E-state index in [1.165, 1.54) is 5.56 Å². The summed E-state index contributed by atoms with van der Waals surface area (Å²) in [6.07, 6.45) is 8.58. The molecule has 4 heterocycles. The molecular weight excluding hydrogens is 468 g/mol. The van der Waals surface area contributed by atoms with Gasteiger partial charge >= 0.3 is 5.97 Å². The molecule has 0 aliphatic carbocycles. The maximum atomic E-state index is 12.8. The van der Waals surface area contributed by atoms with Gasteiger partial charge in [0.25, 0.3) is 0 Å². The Morgan fingerprint density at radius 3 is 2.81 bits per heavy atom. The fourth-order valence-electron chi connectivity index (χ4n) is 6.15. The molecule has 0 radical (unpaired) electrons. The van der Waals surface area contributed by atoms with Crippen molar-refractivity contribution in [2.24, 2.45) is 0 Å². The zero-order valence-electron chi connectivity index (χ0n) is 22.1. The number of hydrogen-bond acceptors (Lipinski definition) is 6. The van der Waals surface area contributed by atoms with Gasteiger partial charge in [0.15, 0.2) is 0 Å². The highest BCUT2D eigenvalue weighted by molar-refractivity contribution is 6.08. The molecule has 0 bridgehead atoms. The Bertz CT molecular complexity index is 1160. The number of aromatic nitrogens is 1. The van der Waals surface area contributed by atoms with Crippen molar-refractivity contribution >= 4 is 23.4 Å². The predicted octanol–water partition coefficient (Wildman–Crippen LogP) is 4.15. The molecule has 1 aromatic carbocycles. The number of carbonyl (C=O) groups is 2. The highest BCUT2D eigenvalue weighted by Gasteiger charge is 2.47. The zero-order chi connectivity index (χ0) is 26.2. The number of amides is 1. The lowest BCUT2D eigenvalue weighted by molar-refractivity contribution is -0.151. The Morgan fingerprint density at radius 1 is 1.22 bits per heavy atom. The third-order valence-electron chi connectivity index (χ3n) is 8.22. The van der Waals surface area contributed by atoms with Crippen LogP contribution in [-0.4, -0.2) is 65.8 Å². The van der Waals surface area contributed by atoms with E-state index < -0.39 is 17.4 Å². The predicted molar refractivity (Wildman–Crippen MR) is 143 cm³/mol. The highest BCUT2D eigenvalue weighted by Crippen LogP contribution is 2.46. The number of benzene rings is 1. The monoisotopic (exact) mass is 506 g/mol. The van der Waals surface area contributed by atoms with Crippen LogP contribution in [0.5, 0.6) is 0 Å². The standard InChI is InChI=1S/C29H38N4O4/c1-29(2)24-22(11-7-12-23(24)32(3)28(29)36)25(27(34)35)33-17-21(18-33)37-16-6-4-5-10-20-14-13-19-9-8-15-30-26(19)31-20/h7-9,11-12,15,20-21,25H,4-6,10,13-14,16-18H2,1-3H3,(H,30,31)(H,34,35)/t20-,25?/m1/s1. The Labute approximate surface area is 219 Å². The normalized spacial score (nSPS) is 21.6. The number of aliphatic carboxylic acids is 1. The van der Waals surface area contributed by atoms with Crippen LogP contribution in [0, 0.1) is 0 Å². The third kappa shape index (κ3) is 4.97. The fourth-order valence-corrected chi connectivity index (χ4v) is 6.15. The minimum atomic E-state index is -0.890. The van der Waals surface area contributed by atoms with Crippen molar-refractivity contribution in [3.8, 4) is 0 Å². The number of likely N-dealkylation sites (tertiary alicyclic amines) is 1. The van der Waals surface area contributed by atoms with Gasteiger partial charge in [-0.2, -0.15) is 0 Å². The number of ether oxygens (including phenoxy) is 1. The highest BCUT2D eigenvalue weighted by atomic mass is 16.5. The number of carbonyl (C=O) groups excluding carboxylic acids is 1. The van der Waals surface area contributed by atoms with E-state index in [1.54, 1.807) is 11.9 Å². The van der Waals surface area contributed by atoms with Gasteiger partial charge in [0.05, 0.1) is 11.5 Å². The number of pyridine rings is 1. The molecule has 3 aliphatic rings. The molecule has 37 heavy (non-hydrogen) atoms. The fraction of sp³-hybridized carbons (Fsp3) is 0.552. The smallest absolute Gasteiger partial charge is 0.325 e. The second kappa shape index (κ2) is 10.4. The summed E-state index contributed by atoms with van der Waals surface area (Å²) >= 11 is 0. The molecule has 3 aliphatic heterocycles. The van der Waals surface area contributed by atoms with E-state index in [4.69, 9.17) is 4.74 Å². The number of likely N-dealkylation sites (N-methyl/N-ethyl adjacent to an activating group) is 1. The summed E-state index contributed by atoms with van der Waals surface area (Å²) in [6, 6.07) is 9.46. The van der Waals surface area contributed by atoms with Crippen molar-refractivity contribution in [2.75, 3.05) is 37.0 Å². The van der Waals surface area contributed by atoms with Crippen LogP contribution in [0.4, 0.5) is 11.5 Å². The number of carboxylic acids is 1. The first kappa shape index (κ1) is 25.7. The van der Waals surface area contributed by atoms with Crippen LogP contribution in [0.15, 0.2) is 36.5 Å². The van der Waals surface area contributed by atoms with Crippen LogP contribution in [0.1, 0.15) is 68.7 Å². The molecule has 0 saturated carbocycles. The lowest BCUT2D eigenvalue weighted by Gasteiger charge is -2.43. The number of rotatable bonds is 10. The van der Waals surface area contributed by atoms with Crippen LogP contribution in [0.3, 0.4) is 0 Å². The lowest BCUT2D eigenvalue weighted by Crippen LogP contribution is -2.55. The summed E-state index contributed by atoms with van der Waals surface area (Å²) in [6.45, 7) is 5.63. The van der Waals surface area contributed by atoms with Crippen molar-refractivity contribution in [1.29, 1.82) is 0 Å². The summed E-state index contributed by atoms with van der Waals surface area (Å²) in [4.78, 5) is 33.2. The second-order valence-electron chi connectivity index (χ2n) is 11.2. The zero-order valence-corrected chi connectivity index (χ0v) is 22.1. The van der Waals surface area contributed by atoms with Gasteiger partial charge in [-0.3, -0.25) is 14.5 Å². The van der Waals surface area contributed by atoms with Gasteiger partial charge in [0.1, 0.15) is 11.9 Å². The number of anilines is 2. The van der Waals surface area contributed by atoms with Crippen LogP contribution in [0.2, 0.25) is 0 Å². The quantitative estimate of drug-likeness (QED) is 0.468. The molecule has 0 spiro atoms. The Balaban J connectivity index is 1.07. The number of hydrogen-bond donors (Lipinski definition) is 2. The molecular formula is C29H38N4O4. The van der Waals surface area contributed by atoms with E-state index in [-0.39, 0.29) is 12.0 Å². The first-order chi connectivity index (χ1) is 17.8. The molecule has 2 N–H and O–H groups in total. The van der Waals surface area contributed by atoms with Crippen LogP contribution in [-0.2, 0) is 26.2 Å². The van der Waals surface area contributed by atoms with Gasteiger partial charge in [-0.25, -0.2) is 4.98 Å². The molecule has 198 valence electrons. The largest absolute Gasteiger partial charge is 0.480 e. The first-order valence-electron chi connectivity index (χ1n) is 13.5. The molecule has 1 amide bonds. The van der Waals surface area contributed by atoms with Crippen LogP contribution < -0.4 is 10.2 Å². The van der Waals surface area contributed by atoms with Crippen LogP contribution >= 0.6 is 0 Å². The van der Waals surface area contributed by atoms with E-state index in [2.05, 4.69) is 16.4 Å². The van der Waals surface area contributed by atoms with E-state index in [0.29, 0.717) is 31.3 Å². The average molecular weight is 507 g/mol. The van der Waals surface area contributed by atoms with Gasteiger partial charge < -0.3 is 20.1 Å². The van der Waals surface area contributed by atoms with Crippen molar-refractivity contribution in [1.82, 2.24) is 9.88 Å². The summed E-state index contributed by atoms with van der Waals surface area (Å²) in [7, 11) is 1.75. The van der Waals surface area contributed by atoms with E-state index in [9.17, 15) is 14.7 Å². The Hall–Kier alpha value is -2.97. The molecule has 2 aromatic rings. The van der Waals surface area contributed by atoms with Crippen molar-refractivity contribution in [3.63, 3.8) is 0 Å². The summed E-state index contributed by atoms with van der Waals surface area (Å²) < 4.78 is 6.06. The molecule has 1 aromatic heterocycles. The molecule has 1 fully saturated rings. The molecule has 8 nitrogen and oxygen atoms in total. The van der Waals surface area contributed by atoms with E-state index in [1.807, 2.05) is 49.2 Å². The molecule has 2 atom stereocenters. The molecule has 5 rings (SSSR count). The summed E-state index contributed by atoms with van der Waals surface area (Å²) in [5.41, 5.74) is 2.90. The second-order valence-corrected chi connectivity index (χ2v) is 11.2. The Kier molecular flexibility index (Phi) is 7.23. The lowest BCUT2D eigenvalue weighted by atomic mass is 9.80. The van der Waals surface area contributed by atoms with E-state index in [0.717, 1.165) is 55.6 Å². The number of unbranched alkanes of at least 4 members (excludes halogenated alkanes) is 2. The minimum Gasteiger partial charge on any atom is -0.480 e.